The van der Waals surface area contributed by atoms with Gasteiger partial charge in [-0.2, -0.15) is 0 Å². The standard InChI is InChI=1S/C55H97NO3/c1-3-5-7-9-11-13-15-17-18-19-20-21-22-23-24-25-26-27-28-29-30-31-32-33-34-35-36-37-38-39-41-43-45-47-49-51-55(59)56-53(52-57)54(58)50-48-46-44-42-40-16-14-12-10-8-6-4-2/h5,7,11,13,17-18,20-21,23-24,40,42,48,50,53-54,57-58H,3-4,6,8-10,12,14-16,19,22,25-39,41,43-47,49,51-52H2,1-2H3,(H,56,59)/b7-5-,13-11-,18-17-,21-20-,24-23-,42-40+,50-48+. The molecule has 0 aliphatic rings. The summed E-state index contributed by atoms with van der Waals surface area (Å²) in [5, 5.41) is 23.0. The molecule has 3 N–H and O–H groups in total. The van der Waals surface area contributed by atoms with Crippen LogP contribution in [0.15, 0.2) is 85.1 Å². The van der Waals surface area contributed by atoms with Gasteiger partial charge in [0.15, 0.2) is 0 Å². The van der Waals surface area contributed by atoms with Crippen molar-refractivity contribution in [1.82, 2.24) is 5.32 Å². The summed E-state index contributed by atoms with van der Waals surface area (Å²) in [5.41, 5.74) is 0. The van der Waals surface area contributed by atoms with Crippen molar-refractivity contribution < 1.29 is 15.0 Å². The molecule has 0 saturated carbocycles. The molecule has 0 bridgehead atoms. The molecule has 0 aliphatic heterocycles. The number of hydrogen-bond acceptors (Lipinski definition) is 3. The SMILES string of the molecule is CC/C=C\C/C=C\C/C=C\C/C=C\C/C=C\CCCCCCCCCCCCCCCCCCCCCC(=O)NC(CO)C(O)/C=C/CC/C=C/CCCCCCCC. The van der Waals surface area contributed by atoms with E-state index in [1.165, 1.54) is 154 Å². The van der Waals surface area contributed by atoms with Gasteiger partial charge in [0.25, 0.3) is 0 Å². The first kappa shape index (κ1) is 56.6. The van der Waals surface area contributed by atoms with Gasteiger partial charge in [-0.3, -0.25) is 4.79 Å². The highest BCUT2D eigenvalue weighted by molar-refractivity contribution is 5.76. The molecule has 0 aromatic rings. The van der Waals surface area contributed by atoms with Gasteiger partial charge in [0, 0.05) is 6.42 Å². The molecular formula is C55H97NO3. The zero-order chi connectivity index (χ0) is 42.8. The first-order valence-electron chi connectivity index (χ1n) is 25.3. The Labute approximate surface area is 367 Å². The van der Waals surface area contributed by atoms with Crippen LogP contribution in [0.2, 0.25) is 0 Å². The number of unbranched alkanes of at least 4 members (excludes halogenated alkanes) is 26. The van der Waals surface area contributed by atoms with Crippen LogP contribution in [0.25, 0.3) is 0 Å². The summed E-state index contributed by atoms with van der Waals surface area (Å²) in [6.45, 7) is 4.16. The Kier molecular flexibility index (Phi) is 47.9. The summed E-state index contributed by atoms with van der Waals surface area (Å²) < 4.78 is 0. The van der Waals surface area contributed by atoms with Gasteiger partial charge in [0.2, 0.25) is 5.91 Å². The summed E-state index contributed by atoms with van der Waals surface area (Å²) in [6, 6.07) is -0.640. The second kappa shape index (κ2) is 49.9. The molecular weight excluding hydrogens is 723 g/mol. The van der Waals surface area contributed by atoms with Crippen LogP contribution in [-0.2, 0) is 4.79 Å². The van der Waals surface area contributed by atoms with Gasteiger partial charge in [-0.25, -0.2) is 0 Å². The predicted octanol–water partition coefficient (Wildman–Crippen LogP) is 16.4. The fourth-order valence-electron chi connectivity index (χ4n) is 7.28. The van der Waals surface area contributed by atoms with E-state index < -0.39 is 12.1 Å². The van der Waals surface area contributed by atoms with Crippen LogP contribution in [0.5, 0.6) is 0 Å². The molecule has 0 heterocycles. The maximum absolute atomic E-state index is 12.4. The molecule has 0 aliphatic carbocycles. The van der Waals surface area contributed by atoms with Gasteiger partial charge in [-0.1, -0.05) is 240 Å². The topological polar surface area (TPSA) is 69.6 Å². The molecule has 340 valence electrons. The fraction of sp³-hybridized carbons (Fsp3) is 0.727. The minimum absolute atomic E-state index is 0.0754. The Morgan fingerprint density at radius 2 is 0.763 bits per heavy atom. The van der Waals surface area contributed by atoms with E-state index in [2.05, 4.69) is 92.1 Å². The van der Waals surface area contributed by atoms with Crippen LogP contribution in [0.1, 0.15) is 239 Å². The third-order valence-corrected chi connectivity index (χ3v) is 11.1. The van der Waals surface area contributed by atoms with Crippen LogP contribution in [0.4, 0.5) is 0 Å². The van der Waals surface area contributed by atoms with Crippen LogP contribution < -0.4 is 5.32 Å². The number of aliphatic hydroxyl groups is 2. The maximum atomic E-state index is 12.4. The fourth-order valence-corrected chi connectivity index (χ4v) is 7.28. The van der Waals surface area contributed by atoms with Crippen LogP contribution >= 0.6 is 0 Å². The van der Waals surface area contributed by atoms with Crippen molar-refractivity contribution in [2.75, 3.05) is 6.61 Å². The van der Waals surface area contributed by atoms with E-state index in [9.17, 15) is 15.0 Å². The molecule has 2 atom stereocenters. The van der Waals surface area contributed by atoms with Crippen molar-refractivity contribution in [1.29, 1.82) is 0 Å². The lowest BCUT2D eigenvalue weighted by molar-refractivity contribution is -0.123. The molecule has 0 radical (unpaired) electrons. The van der Waals surface area contributed by atoms with Crippen molar-refractivity contribution >= 4 is 5.91 Å². The van der Waals surface area contributed by atoms with Gasteiger partial charge in [-0.05, 0) is 77.0 Å². The smallest absolute Gasteiger partial charge is 0.220 e. The Hall–Kier alpha value is -2.43. The molecule has 0 aromatic heterocycles. The van der Waals surface area contributed by atoms with E-state index in [4.69, 9.17) is 0 Å². The summed E-state index contributed by atoms with van der Waals surface area (Å²) >= 11 is 0. The van der Waals surface area contributed by atoms with E-state index in [1.807, 2.05) is 6.08 Å². The Bertz CT molecular complexity index is 1070. The molecule has 0 aromatic carbocycles. The van der Waals surface area contributed by atoms with Crippen molar-refractivity contribution in [2.45, 2.75) is 251 Å². The second-order valence-corrected chi connectivity index (χ2v) is 16.8. The first-order chi connectivity index (χ1) is 29.2. The van der Waals surface area contributed by atoms with Gasteiger partial charge >= 0.3 is 0 Å². The lowest BCUT2D eigenvalue weighted by Crippen LogP contribution is -2.45. The van der Waals surface area contributed by atoms with Gasteiger partial charge in [-0.15, -0.1) is 0 Å². The normalized spacial score (nSPS) is 13.6. The van der Waals surface area contributed by atoms with E-state index in [0.717, 1.165) is 64.2 Å². The quantitative estimate of drug-likeness (QED) is 0.0423. The van der Waals surface area contributed by atoms with E-state index in [1.54, 1.807) is 6.08 Å². The summed E-state index contributed by atoms with van der Waals surface area (Å²) in [6.07, 6.45) is 73.0. The third kappa shape index (κ3) is 46.5. The van der Waals surface area contributed by atoms with Crippen LogP contribution in [-0.4, -0.2) is 34.9 Å². The lowest BCUT2D eigenvalue weighted by Gasteiger charge is -2.19. The molecule has 0 fully saturated rings. The summed E-state index contributed by atoms with van der Waals surface area (Å²) in [5.74, 6) is -0.0754. The van der Waals surface area contributed by atoms with Crippen LogP contribution in [0, 0.1) is 0 Å². The number of carbonyl (C=O) groups excluding carboxylic acids is 1. The minimum Gasteiger partial charge on any atom is -0.394 e. The largest absolute Gasteiger partial charge is 0.394 e. The number of hydrogen-bond donors (Lipinski definition) is 3. The van der Waals surface area contributed by atoms with E-state index in [0.29, 0.717) is 6.42 Å². The minimum atomic E-state index is -0.862. The molecule has 4 nitrogen and oxygen atoms in total. The maximum Gasteiger partial charge on any atom is 0.220 e. The van der Waals surface area contributed by atoms with E-state index in [-0.39, 0.29) is 12.5 Å². The average Bonchev–Trinajstić information content (AvgIpc) is 3.24. The zero-order valence-corrected chi connectivity index (χ0v) is 39.0. The third-order valence-electron chi connectivity index (χ3n) is 11.1. The Balaban J connectivity index is 3.48. The van der Waals surface area contributed by atoms with Crippen molar-refractivity contribution in [3.8, 4) is 0 Å². The molecule has 59 heavy (non-hydrogen) atoms. The zero-order valence-electron chi connectivity index (χ0n) is 39.0. The Morgan fingerprint density at radius 1 is 0.424 bits per heavy atom. The average molecular weight is 820 g/mol. The van der Waals surface area contributed by atoms with Gasteiger partial charge in [0.05, 0.1) is 18.8 Å². The molecule has 0 spiro atoms. The molecule has 2 unspecified atom stereocenters. The number of aliphatic hydroxyl groups excluding tert-OH is 2. The number of nitrogens with one attached hydrogen (secondary N) is 1. The molecule has 0 rings (SSSR count). The highest BCUT2D eigenvalue weighted by atomic mass is 16.3. The highest BCUT2D eigenvalue weighted by Crippen LogP contribution is 2.16. The molecule has 0 saturated heterocycles. The van der Waals surface area contributed by atoms with Gasteiger partial charge in [0.1, 0.15) is 0 Å². The predicted molar refractivity (Wildman–Crippen MR) is 262 cm³/mol. The van der Waals surface area contributed by atoms with E-state index >= 15 is 0 Å². The number of carbonyl (C=O) groups is 1. The monoisotopic (exact) mass is 820 g/mol. The summed E-state index contributed by atoms with van der Waals surface area (Å²) in [4.78, 5) is 12.4. The molecule has 1 amide bonds. The number of rotatable bonds is 45. The second-order valence-electron chi connectivity index (χ2n) is 16.8. The molecule has 4 heteroatoms. The van der Waals surface area contributed by atoms with Crippen LogP contribution in [0.3, 0.4) is 0 Å². The van der Waals surface area contributed by atoms with Crippen molar-refractivity contribution in [2.24, 2.45) is 0 Å². The van der Waals surface area contributed by atoms with Crippen molar-refractivity contribution in [3.63, 3.8) is 0 Å². The summed E-state index contributed by atoms with van der Waals surface area (Å²) in [7, 11) is 0. The lowest BCUT2D eigenvalue weighted by atomic mass is 10.0. The first-order valence-corrected chi connectivity index (χ1v) is 25.3. The van der Waals surface area contributed by atoms with Crippen molar-refractivity contribution in [3.05, 3.63) is 85.1 Å². The number of allylic oxidation sites excluding steroid dienone is 13. The highest BCUT2D eigenvalue weighted by Gasteiger charge is 2.17. The Morgan fingerprint density at radius 3 is 1.19 bits per heavy atom. The van der Waals surface area contributed by atoms with Gasteiger partial charge < -0.3 is 15.5 Å². The number of amides is 1.